The van der Waals surface area contributed by atoms with Crippen molar-refractivity contribution in [1.82, 2.24) is 4.90 Å². The standard InChI is InChI=1S/C23H23F3N2O4S/c1-14-6-7-15(13-28-21(29)18-4-2-3-5-19(18)22(28)30)12-20(14)33(31,32)27-17-10-8-16(9-11-17)23(24,25)26/h6-12,18-19,27H,2-5,13H2,1H3. The highest BCUT2D eigenvalue weighted by Gasteiger charge is 2.47. The van der Waals surface area contributed by atoms with Crippen molar-refractivity contribution in [2.24, 2.45) is 11.8 Å². The maximum atomic E-state index is 12.9. The first-order chi connectivity index (χ1) is 15.5. The van der Waals surface area contributed by atoms with Crippen molar-refractivity contribution in [1.29, 1.82) is 0 Å². The van der Waals surface area contributed by atoms with E-state index in [4.69, 9.17) is 0 Å². The predicted octanol–water partition coefficient (Wildman–Crippen LogP) is 4.49. The molecule has 2 unspecified atom stereocenters. The van der Waals surface area contributed by atoms with Crippen molar-refractivity contribution in [2.45, 2.75) is 50.2 Å². The second kappa shape index (κ2) is 8.48. The van der Waals surface area contributed by atoms with Crippen molar-refractivity contribution in [3.63, 3.8) is 0 Å². The van der Waals surface area contributed by atoms with Crippen LogP contribution in [0.25, 0.3) is 0 Å². The van der Waals surface area contributed by atoms with E-state index in [0.29, 0.717) is 24.0 Å². The number of amides is 2. The van der Waals surface area contributed by atoms with Gasteiger partial charge in [-0.05, 0) is 61.2 Å². The lowest BCUT2D eigenvalue weighted by Crippen LogP contribution is -2.30. The Labute approximate surface area is 189 Å². The zero-order valence-corrected chi connectivity index (χ0v) is 18.7. The van der Waals surface area contributed by atoms with E-state index in [2.05, 4.69) is 4.72 Å². The summed E-state index contributed by atoms with van der Waals surface area (Å²) in [5, 5.41) is 0. The van der Waals surface area contributed by atoms with Gasteiger partial charge in [-0.15, -0.1) is 0 Å². The molecule has 1 saturated heterocycles. The number of likely N-dealkylation sites (tertiary alicyclic amines) is 1. The minimum Gasteiger partial charge on any atom is -0.280 e. The fourth-order valence-corrected chi connectivity index (χ4v) is 5.89. The van der Waals surface area contributed by atoms with E-state index in [1.807, 2.05) is 0 Å². The van der Waals surface area contributed by atoms with Gasteiger partial charge in [0.1, 0.15) is 0 Å². The van der Waals surface area contributed by atoms with E-state index in [9.17, 15) is 31.2 Å². The quantitative estimate of drug-likeness (QED) is 0.640. The largest absolute Gasteiger partial charge is 0.416 e. The van der Waals surface area contributed by atoms with Gasteiger partial charge >= 0.3 is 6.18 Å². The molecule has 2 aliphatic rings. The summed E-state index contributed by atoms with van der Waals surface area (Å²) in [6.07, 6.45) is -1.32. The number of alkyl halides is 3. The number of anilines is 1. The van der Waals surface area contributed by atoms with Crippen LogP contribution in [0.3, 0.4) is 0 Å². The molecule has 2 fully saturated rings. The Morgan fingerprint density at radius 2 is 1.55 bits per heavy atom. The van der Waals surface area contributed by atoms with Gasteiger partial charge < -0.3 is 0 Å². The van der Waals surface area contributed by atoms with Crippen LogP contribution in [0.2, 0.25) is 0 Å². The van der Waals surface area contributed by atoms with Gasteiger partial charge in [0.05, 0.1) is 28.8 Å². The third-order valence-electron chi connectivity index (χ3n) is 6.28. The highest BCUT2D eigenvalue weighted by Crippen LogP contribution is 2.39. The Bertz CT molecular complexity index is 1170. The molecule has 176 valence electrons. The van der Waals surface area contributed by atoms with Crippen LogP contribution in [-0.4, -0.2) is 25.1 Å². The van der Waals surface area contributed by atoms with Gasteiger partial charge in [-0.2, -0.15) is 13.2 Å². The van der Waals surface area contributed by atoms with Gasteiger partial charge in [0.2, 0.25) is 11.8 Å². The third kappa shape index (κ3) is 4.62. The van der Waals surface area contributed by atoms with Gasteiger partial charge in [-0.25, -0.2) is 8.42 Å². The number of halogens is 3. The van der Waals surface area contributed by atoms with Crippen molar-refractivity contribution in [3.05, 3.63) is 59.2 Å². The summed E-state index contributed by atoms with van der Waals surface area (Å²) in [7, 11) is -4.12. The number of hydrogen-bond donors (Lipinski definition) is 1. The molecule has 4 rings (SSSR count). The third-order valence-corrected chi connectivity index (χ3v) is 7.80. The van der Waals surface area contributed by atoms with Crippen molar-refractivity contribution < 1.29 is 31.2 Å². The van der Waals surface area contributed by atoms with Crippen molar-refractivity contribution in [2.75, 3.05) is 4.72 Å². The molecule has 6 nitrogen and oxygen atoms in total. The van der Waals surface area contributed by atoms with Gasteiger partial charge in [0, 0.05) is 5.69 Å². The van der Waals surface area contributed by atoms with E-state index < -0.39 is 21.8 Å². The Balaban J connectivity index is 1.55. The van der Waals surface area contributed by atoms with Crippen LogP contribution in [0.5, 0.6) is 0 Å². The summed E-state index contributed by atoms with van der Waals surface area (Å²) in [5.74, 6) is -1.00. The topological polar surface area (TPSA) is 83.6 Å². The van der Waals surface area contributed by atoms with Crippen LogP contribution in [0.15, 0.2) is 47.4 Å². The molecule has 0 aromatic heterocycles. The number of hydrogen-bond acceptors (Lipinski definition) is 4. The number of carbonyl (C=O) groups excluding carboxylic acids is 2. The molecule has 33 heavy (non-hydrogen) atoms. The monoisotopic (exact) mass is 480 g/mol. The number of benzene rings is 2. The molecule has 2 aromatic carbocycles. The molecular formula is C23H23F3N2O4S. The number of imide groups is 1. The predicted molar refractivity (Wildman–Crippen MR) is 114 cm³/mol. The van der Waals surface area contributed by atoms with E-state index >= 15 is 0 Å². The summed E-state index contributed by atoms with van der Waals surface area (Å²) in [5.41, 5.74) is 0.00515. The normalized spacial score (nSPS) is 21.3. The minimum absolute atomic E-state index is 0.0122. The average Bonchev–Trinajstić information content (AvgIpc) is 2.99. The lowest BCUT2D eigenvalue weighted by atomic mass is 9.81. The highest BCUT2D eigenvalue weighted by atomic mass is 32.2. The zero-order chi connectivity index (χ0) is 24.0. The number of nitrogens with zero attached hydrogens (tertiary/aromatic N) is 1. The summed E-state index contributed by atoms with van der Waals surface area (Å²) >= 11 is 0. The van der Waals surface area contributed by atoms with E-state index in [-0.39, 0.29) is 40.8 Å². The second-order valence-corrected chi connectivity index (χ2v) is 10.2. The minimum atomic E-state index is -4.52. The first kappa shape index (κ1) is 23.3. The van der Waals surface area contributed by atoms with E-state index in [1.54, 1.807) is 19.1 Å². The lowest BCUT2D eigenvalue weighted by molar-refractivity contribution is -0.141. The second-order valence-electron chi connectivity index (χ2n) is 8.54. The van der Waals surface area contributed by atoms with Crippen LogP contribution >= 0.6 is 0 Å². The van der Waals surface area contributed by atoms with Gasteiger partial charge in [0.15, 0.2) is 0 Å². The summed E-state index contributed by atoms with van der Waals surface area (Å²) in [6, 6.07) is 8.32. The molecule has 1 saturated carbocycles. The first-order valence-corrected chi connectivity index (χ1v) is 12.1. The molecule has 2 atom stereocenters. The van der Waals surface area contributed by atoms with Crippen molar-refractivity contribution >= 4 is 27.5 Å². The summed E-state index contributed by atoms with van der Waals surface area (Å²) < 4.78 is 66.4. The molecule has 2 aromatic rings. The number of aryl methyl sites for hydroxylation is 1. The van der Waals surface area contributed by atoms with E-state index in [0.717, 1.165) is 37.1 Å². The molecule has 10 heteroatoms. The molecule has 1 heterocycles. The molecular weight excluding hydrogens is 457 g/mol. The lowest BCUT2D eigenvalue weighted by Gasteiger charge is -2.19. The number of rotatable bonds is 5. The molecule has 0 radical (unpaired) electrons. The zero-order valence-electron chi connectivity index (χ0n) is 17.9. The Morgan fingerprint density at radius 3 is 2.09 bits per heavy atom. The molecule has 1 aliphatic carbocycles. The first-order valence-electron chi connectivity index (χ1n) is 10.6. The van der Waals surface area contributed by atoms with Gasteiger partial charge in [0.25, 0.3) is 10.0 Å². The SMILES string of the molecule is Cc1ccc(CN2C(=O)C3CCCCC3C2=O)cc1S(=O)(=O)Nc1ccc(C(F)(F)F)cc1. The van der Waals surface area contributed by atoms with Crippen LogP contribution in [0.1, 0.15) is 42.4 Å². The van der Waals surface area contributed by atoms with Crippen LogP contribution in [0.4, 0.5) is 18.9 Å². The van der Waals surface area contributed by atoms with E-state index in [1.165, 1.54) is 11.0 Å². The fourth-order valence-electron chi connectivity index (χ4n) is 4.54. The smallest absolute Gasteiger partial charge is 0.280 e. The maximum Gasteiger partial charge on any atom is 0.416 e. The molecule has 0 bridgehead atoms. The molecule has 0 spiro atoms. The average molecular weight is 481 g/mol. The van der Waals surface area contributed by atoms with Crippen LogP contribution < -0.4 is 4.72 Å². The molecule has 2 amide bonds. The Morgan fingerprint density at radius 1 is 0.970 bits per heavy atom. The fraction of sp³-hybridized carbons (Fsp3) is 0.391. The highest BCUT2D eigenvalue weighted by molar-refractivity contribution is 7.92. The maximum absolute atomic E-state index is 12.9. The summed E-state index contributed by atoms with van der Waals surface area (Å²) in [4.78, 5) is 26.6. The Hall–Kier alpha value is -2.88. The molecule has 1 aliphatic heterocycles. The van der Waals surface area contributed by atoms with Gasteiger partial charge in [-0.3, -0.25) is 19.2 Å². The number of carbonyl (C=O) groups is 2. The summed E-state index contributed by atoms with van der Waals surface area (Å²) in [6.45, 7) is 1.57. The van der Waals surface area contributed by atoms with Crippen LogP contribution in [0, 0.1) is 18.8 Å². The number of sulfonamides is 1. The Kier molecular flexibility index (Phi) is 5.98. The van der Waals surface area contributed by atoms with Crippen molar-refractivity contribution in [3.8, 4) is 0 Å². The number of nitrogens with one attached hydrogen (secondary N) is 1. The number of fused-ring (bicyclic) bond motifs is 1. The van der Waals surface area contributed by atoms with Gasteiger partial charge in [-0.1, -0.05) is 25.0 Å². The molecule has 1 N–H and O–H groups in total. The van der Waals surface area contributed by atoms with Crippen LogP contribution in [-0.2, 0) is 32.3 Å².